The van der Waals surface area contributed by atoms with Crippen molar-refractivity contribution in [3.8, 4) is 0 Å². The van der Waals surface area contributed by atoms with Crippen molar-refractivity contribution >= 4 is 93.0 Å². The van der Waals surface area contributed by atoms with Gasteiger partial charge >= 0.3 is 242 Å². The van der Waals surface area contributed by atoms with Crippen molar-refractivity contribution in [2.75, 3.05) is 11.5 Å². The summed E-state index contributed by atoms with van der Waals surface area (Å²) in [5, 5.41) is 21.3. The normalized spacial score (nSPS) is 11.3. The molecule has 0 bridgehead atoms. The summed E-state index contributed by atoms with van der Waals surface area (Å²) >= 11 is 8.23. The number of aliphatic carboxylic acids is 2. The number of carboxylic acids is 2. The average molecular weight is 1160 g/mol. The van der Waals surface area contributed by atoms with Crippen LogP contribution < -0.4 is 10.2 Å². The van der Waals surface area contributed by atoms with Crippen LogP contribution in [0, 0.1) is 11.8 Å². The zero-order valence-corrected chi connectivity index (χ0v) is 51.5. The van der Waals surface area contributed by atoms with Gasteiger partial charge in [0.25, 0.3) is 0 Å². The molecule has 9 heteroatoms. The molecule has 0 aliphatic heterocycles. The molecule has 4 nitrogen and oxygen atoms in total. The molecule has 0 fully saturated rings. The van der Waals surface area contributed by atoms with E-state index in [0.717, 1.165) is 38.5 Å². The second-order valence-corrected chi connectivity index (χ2v) is 27.5. The molecule has 0 aliphatic carbocycles. The fourth-order valence-electron chi connectivity index (χ4n) is 7.43. The zero-order chi connectivity index (χ0) is 46.8. The fourth-order valence-corrected chi connectivity index (χ4v) is 15.2. The predicted molar refractivity (Wildman–Crippen MR) is 292 cm³/mol. The molecule has 376 valence electrons. The minimum Gasteiger partial charge on any atom is -2.00 e. The van der Waals surface area contributed by atoms with E-state index in [-0.39, 0.29) is 67.6 Å². The van der Waals surface area contributed by atoms with E-state index in [1.54, 1.807) is 43.4 Å². The standard InChI is InChI=1S/2C11H22O2S.4C8H17.S.2Sn/c2*1-2-3-4-5-6-7-10(8-9-14)11(12)13;4*1-3-5-7-8-6-4-2;;;/h2*10,14H,2-9H2,1H3,(H,12,13);4*1,3-8H2,2H3;;;/q;;;;;;-2;2*+2/p-2. The van der Waals surface area contributed by atoms with Gasteiger partial charge in [-0.1, -0.05) is 78.1 Å². The summed E-state index contributed by atoms with van der Waals surface area (Å²) in [4.78, 5) is 21.3. The Morgan fingerprint density at radius 3 is 0.714 bits per heavy atom. The van der Waals surface area contributed by atoms with Gasteiger partial charge < -0.3 is 33.3 Å². The molecule has 0 rings (SSSR count). The molecule has 0 radical (unpaired) electrons. The maximum Gasteiger partial charge on any atom is -2.00 e. The monoisotopic (exact) mass is 1160 g/mol. The van der Waals surface area contributed by atoms with Crippen LogP contribution in [-0.2, 0) is 23.1 Å². The van der Waals surface area contributed by atoms with Gasteiger partial charge in [0.15, 0.2) is 0 Å². The van der Waals surface area contributed by atoms with Crippen LogP contribution in [0.15, 0.2) is 0 Å². The van der Waals surface area contributed by atoms with Gasteiger partial charge in [0, 0.05) is 11.9 Å². The third-order valence-corrected chi connectivity index (χ3v) is 20.4. The Kier molecular flexibility index (Phi) is 81.9. The molecule has 2 atom stereocenters. The van der Waals surface area contributed by atoms with Gasteiger partial charge in [-0.05, 0) is 49.0 Å². The Bertz CT molecular complexity index is 719. The SMILES string of the molecule is CCCCCCCC(CCS)C(=O)[O-].CCCCCCCC(CCS)C(=O)[O-].CCCCCCC[CH2][Sn+2][CH2]CCCCCCC.CCCCCCC[CH2][Sn+2][CH2]CCCCCCC.[S-2]. The molecule has 0 saturated carbocycles. The fraction of sp³-hybridized carbons (Fsp3) is 0.963. The van der Waals surface area contributed by atoms with E-state index >= 15 is 0 Å². The minimum atomic E-state index is -0.908. The Morgan fingerprint density at radius 2 is 0.524 bits per heavy atom. The van der Waals surface area contributed by atoms with Crippen LogP contribution in [0.3, 0.4) is 0 Å². The van der Waals surface area contributed by atoms with Crippen LogP contribution >= 0.6 is 25.3 Å². The largest absolute Gasteiger partial charge is 2.00 e. The predicted octanol–water partition coefficient (Wildman–Crippen LogP) is 16.6. The van der Waals surface area contributed by atoms with Crippen molar-refractivity contribution in [3.05, 3.63) is 0 Å². The number of rotatable bonds is 46. The molecule has 0 N–H and O–H groups in total. The second-order valence-electron chi connectivity index (χ2n) is 18.0. The van der Waals surface area contributed by atoms with Crippen molar-refractivity contribution in [1.29, 1.82) is 0 Å². The molecule has 63 heavy (non-hydrogen) atoms. The number of carboxylic acid groups (broad SMARTS) is 2. The smallest absolute Gasteiger partial charge is 2.00 e. The summed E-state index contributed by atoms with van der Waals surface area (Å²) in [6.07, 6.45) is 50.1. The van der Waals surface area contributed by atoms with Crippen molar-refractivity contribution in [2.45, 2.75) is 303 Å². The van der Waals surface area contributed by atoms with E-state index < -0.39 is 11.9 Å². The Labute approximate surface area is 435 Å². The molecule has 0 aromatic heterocycles. The first-order chi connectivity index (χ1) is 30.3. The topological polar surface area (TPSA) is 80.3 Å². The van der Waals surface area contributed by atoms with Crippen LogP contribution in [0.4, 0.5) is 0 Å². The molecule has 0 aliphatic rings. The van der Waals surface area contributed by atoms with E-state index in [2.05, 4.69) is 66.8 Å². The number of hydrogen-bond donors (Lipinski definition) is 2. The summed E-state index contributed by atoms with van der Waals surface area (Å²) in [7, 11) is 0. The number of hydrogen-bond acceptors (Lipinski definition) is 6. The van der Waals surface area contributed by atoms with Gasteiger partial charge in [0.2, 0.25) is 0 Å². The molecular weight excluding hydrogens is 1050 g/mol. The van der Waals surface area contributed by atoms with Gasteiger partial charge in [0.1, 0.15) is 0 Å². The molecule has 0 spiro atoms. The van der Waals surface area contributed by atoms with E-state index in [4.69, 9.17) is 0 Å². The van der Waals surface area contributed by atoms with Crippen LogP contribution in [0.25, 0.3) is 0 Å². The molecule has 0 saturated heterocycles. The second kappa shape index (κ2) is 70.2. The van der Waals surface area contributed by atoms with Crippen LogP contribution in [-0.4, -0.2) is 65.7 Å². The zero-order valence-electron chi connectivity index (χ0n) is 43.2. The quantitative estimate of drug-likeness (QED) is 0.0362. The number of thiol groups is 2. The molecule has 0 heterocycles. The Balaban J connectivity index is -0.000000237. The Morgan fingerprint density at radius 1 is 0.333 bits per heavy atom. The maximum atomic E-state index is 10.7. The number of unbranched alkanes of at least 4 members (excludes halogenated alkanes) is 28. The van der Waals surface area contributed by atoms with Gasteiger partial charge in [-0.15, -0.1) is 0 Å². The van der Waals surface area contributed by atoms with Crippen LogP contribution in [0.1, 0.15) is 286 Å². The van der Waals surface area contributed by atoms with E-state index in [0.29, 0.717) is 24.3 Å². The molecular formula is C54H110O4S3Sn2. The van der Waals surface area contributed by atoms with E-state index in [9.17, 15) is 19.8 Å². The summed E-state index contributed by atoms with van der Waals surface area (Å²) in [5.41, 5.74) is 0. The number of carbonyl (C=O) groups excluding carboxylic acids is 2. The first-order valence-corrected chi connectivity index (χ1v) is 36.7. The third-order valence-electron chi connectivity index (χ3n) is 11.8. The summed E-state index contributed by atoms with van der Waals surface area (Å²) < 4.78 is 6.63. The Hall–Kier alpha value is 1.59. The minimum absolute atomic E-state index is 0. The van der Waals surface area contributed by atoms with E-state index in [1.807, 2.05) is 0 Å². The van der Waals surface area contributed by atoms with Gasteiger partial charge in [-0.25, -0.2) is 0 Å². The van der Waals surface area contributed by atoms with Crippen molar-refractivity contribution < 1.29 is 19.8 Å². The first kappa shape index (κ1) is 73.5. The van der Waals surface area contributed by atoms with Crippen molar-refractivity contribution in [2.24, 2.45) is 11.8 Å². The third kappa shape index (κ3) is 72.7. The van der Waals surface area contributed by atoms with Crippen LogP contribution in [0.2, 0.25) is 17.7 Å². The molecule has 0 aromatic carbocycles. The van der Waals surface area contributed by atoms with Crippen molar-refractivity contribution in [1.82, 2.24) is 0 Å². The van der Waals surface area contributed by atoms with Gasteiger partial charge in [-0.3, -0.25) is 0 Å². The maximum absolute atomic E-state index is 10.7. The van der Waals surface area contributed by atoms with E-state index in [1.165, 1.54) is 167 Å². The summed E-state index contributed by atoms with van der Waals surface area (Å²) in [5.74, 6) is -1.12. The van der Waals surface area contributed by atoms with Crippen molar-refractivity contribution in [3.63, 3.8) is 0 Å². The number of carbonyl (C=O) groups is 2. The summed E-state index contributed by atoms with van der Waals surface area (Å²) in [6, 6.07) is 0. The van der Waals surface area contributed by atoms with Crippen LogP contribution in [0.5, 0.6) is 0 Å². The summed E-state index contributed by atoms with van der Waals surface area (Å²) in [6.45, 7) is 13.5. The molecule has 2 unspecified atom stereocenters. The first-order valence-electron chi connectivity index (χ1n) is 27.3. The average Bonchev–Trinajstić information content (AvgIpc) is 3.26. The molecule has 0 amide bonds. The van der Waals surface area contributed by atoms with Gasteiger partial charge in [0.05, 0.1) is 0 Å². The molecule has 0 aromatic rings. The van der Waals surface area contributed by atoms with Gasteiger partial charge in [-0.2, -0.15) is 25.3 Å².